The third kappa shape index (κ3) is 3.79. The van der Waals surface area contributed by atoms with Gasteiger partial charge < -0.3 is 18.9 Å². The Morgan fingerprint density at radius 1 is 1.15 bits per heavy atom. The highest BCUT2D eigenvalue weighted by atomic mass is 16.6. The molecule has 1 unspecified atom stereocenters. The van der Waals surface area contributed by atoms with Crippen molar-refractivity contribution in [2.45, 2.75) is 12.5 Å². The maximum atomic E-state index is 11.4. The quantitative estimate of drug-likeness (QED) is 0.437. The van der Waals surface area contributed by atoms with E-state index in [2.05, 4.69) is 4.99 Å². The molecule has 1 aliphatic rings. The molecule has 0 amide bonds. The zero-order valence-electron chi connectivity index (χ0n) is 15.3. The van der Waals surface area contributed by atoms with Crippen molar-refractivity contribution >= 4 is 11.9 Å². The minimum Gasteiger partial charge on any atom is -0.497 e. The lowest BCUT2D eigenvalue weighted by Gasteiger charge is -2.23. The number of hydrogen-bond acceptors (Lipinski definition) is 7. The topological polar surface area (TPSA) is 92.4 Å². The summed E-state index contributed by atoms with van der Waals surface area (Å²) < 4.78 is 21.3. The number of rotatable bonds is 6. The van der Waals surface area contributed by atoms with Crippen LogP contribution in [0, 0.1) is 10.1 Å². The van der Waals surface area contributed by atoms with Gasteiger partial charge in [-0.2, -0.15) is 0 Å². The fourth-order valence-electron chi connectivity index (χ4n) is 2.95. The monoisotopic (exact) mass is 372 g/mol. The highest BCUT2D eigenvalue weighted by molar-refractivity contribution is 5.87. The lowest BCUT2D eigenvalue weighted by molar-refractivity contribution is -0.385. The van der Waals surface area contributed by atoms with Crippen LogP contribution in [0.3, 0.4) is 0 Å². The van der Waals surface area contributed by atoms with Crippen molar-refractivity contribution in [3.63, 3.8) is 0 Å². The van der Waals surface area contributed by atoms with Crippen LogP contribution >= 0.6 is 0 Å². The summed E-state index contributed by atoms with van der Waals surface area (Å²) in [6.45, 7) is 0.523. The van der Waals surface area contributed by atoms with E-state index in [1.807, 2.05) is 18.2 Å². The number of aliphatic imine (C=N–C) groups is 1. The molecule has 27 heavy (non-hydrogen) atoms. The summed E-state index contributed by atoms with van der Waals surface area (Å²) in [5.41, 5.74) is 1.13. The van der Waals surface area contributed by atoms with E-state index >= 15 is 0 Å². The van der Waals surface area contributed by atoms with Crippen molar-refractivity contribution in [3.8, 4) is 23.0 Å². The van der Waals surface area contributed by atoms with Gasteiger partial charge in [0.2, 0.25) is 0 Å². The van der Waals surface area contributed by atoms with Gasteiger partial charge in [0.15, 0.2) is 11.5 Å². The highest BCUT2D eigenvalue weighted by Gasteiger charge is 2.23. The molecule has 8 nitrogen and oxygen atoms in total. The second-order valence-electron chi connectivity index (χ2n) is 5.86. The van der Waals surface area contributed by atoms with E-state index < -0.39 is 4.92 Å². The van der Waals surface area contributed by atoms with Crippen molar-refractivity contribution in [2.75, 3.05) is 27.9 Å². The van der Waals surface area contributed by atoms with E-state index in [9.17, 15) is 10.1 Å². The van der Waals surface area contributed by atoms with Gasteiger partial charge in [-0.05, 0) is 24.3 Å². The maximum absolute atomic E-state index is 11.4. The number of nitro groups is 1. The Labute approximate surface area is 156 Å². The van der Waals surface area contributed by atoms with Crippen molar-refractivity contribution in [3.05, 3.63) is 51.6 Å². The third-order valence-electron chi connectivity index (χ3n) is 4.35. The number of methoxy groups -OCH3 is 3. The molecule has 0 aliphatic carbocycles. The predicted molar refractivity (Wildman–Crippen MR) is 99.6 cm³/mol. The molecule has 3 rings (SSSR count). The molecule has 0 bridgehead atoms. The Balaban J connectivity index is 1.98. The van der Waals surface area contributed by atoms with Crippen molar-refractivity contribution < 1.29 is 23.9 Å². The smallest absolute Gasteiger partial charge is 0.282 e. The molecule has 0 spiro atoms. The molecule has 2 aromatic carbocycles. The fourth-order valence-corrected chi connectivity index (χ4v) is 2.95. The molecule has 1 heterocycles. The van der Waals surface area contributed by atoms with Crippen molar-refractivity contribution in [2.24, 2.45) is 4.99 Å². The number of fused-ring (bicyclic) bond motifs is 1. The number of nitro benzene ring substituents is 1. The van der Waals surface area contributed by atoms with Crippen LogP contribution in [0.5, 0.6) is 23.0 Å². The first-order valence-corrected chi connectivity index (χ1v) is 8.31. The maximum Gasteiger partial charge on any atom is 0.282 e. The molecule has 0 fully saturated rings. The van der Waals surface area contributed by atoms with Crippen LogP contribution in [0.15, 0.2) is 35.3 Å². The van der Waals surface area contributed by atoms with Gasteiger partial charge in [0, 0.05) is 18.2 Å². The fraction of sp³-hybridized carbons (Fsp3) is 0.316. The average Bonchev–Trinajstić information content (AvgIpc) is 2.70. The van der Waals surface area contributed by atoms with E-state index in [0.717, 1.165) is 11.3 Å². The summed E-state index contributed by atoms with van der Waals surface area (Å²) in [5, 5.41) is 11.4. The lowest BCUT2D eigenvalue weighted by atomic mass is 10.0. The Hall–Kier alpha value is -3.29. The molecule has 2 aromatic rings. The second kappa shape index (κ2) is 7.94. The molecule has 142 valence electrons. The summed E-state index contributed by atoms with van der Waals surface area (Å²) in [7, 11) is 4.50. The minimum absolute atomic E-state index is 0.102. The largest absolute Gasteiger partial charge is 0.497 e. The molecule has 0 radical (unpaired) electrons. The zero-order chi connectivity index (χ0) is 19.4. The summed E-state index contributed by atoms with van der Waals surface area (Å²) >= 11 is 0. The molecule has 0 aromatic heterocycles. The number of nitrogens with zero attached hydrogens (tertiary/aromatic N) is 2. The number of hydrogen-bond donors (Lipinski definition) is 0. The molecular weight excluding hydrogens is 352 g/mol. The van der Waals surface area contributed by atoms with Gasteiger partial charge in [-0.25, -0.2) is 0 Å². The summed E-state index contributed by atoms with van der Waals surface area (Å²) in [5.74, 6) is 2.14. The Morgan fingerprint density at radius 3 is 2.56 bits per heavy atom. The van der Waals surface area contributed by atoms with Crippen LogP contribution in [0.25, 0.3) is 0 Å². The zero-order valence-corrected chi connectivity index (χ0v) is 15.3. The first kappa shape index (κ1) is 18.5. The second-order valence-corrected chi connectivity index (χ2v) is 5.86. The van der Waals surface area contributed by atoms with Gasteiger partial charge in [-0.15, -0.1) is 0 Å². The summed E-state index contributed by atoms with van der Waals surface area (Å²) in [6, 6.07) is 8.24. The van der Waals surface area contributed by atoms with Crippen LogP contribution in [0.1, 0.15) is 23.6 Å². The molecule has 0 saturated heterocycles. The van der Waals surface area contributed by atoms with E-state index in [0.29, 0.717) is 35.8 Å². The molecule has 0 N–H and O–H groups in total. The van der Waals surface area contributed by atoms with Crippen molar-refractivity contribution in [1.82, 2.24) is 0 Å². The van der Waals surface area contributed by atoms with Crippen molar-refractivity contribution in [1.29, 1.82) is 0 Å². The third-order valence-corrected chi connectivity index (χ3v) is 4.35. The SMILES string of the molecule is COc1ccc2c(c1)C(N=Cc1cc(OC)c(OC)cc1[N+](=O)[O-])CCO2. The molecule has 1 aliphatic heterocycles. The van der Waals surface area contributed by atoms with Gasteiger partial charge in [0.25, 0.3) is 5.69 Å². The van der Waals surface area contributed by atoms with Crippen LogP contribution in [-0.2, 0) is 0 Å². The first-order chi connectivity index (χ1) is 13.1. The highest BCUT2D eigenvalue weighted by Crippen LogP contribution is 2.38. The summed E-state index contributed by atoms with van der Waals surface area (Å²) in [6.07, 6.45) is 2.16. The average molecular weight is 372 g/mol. The van der Waals surface area contributed by atoms with Gasteiger partial charge in [0.05, 0.1) is 50.5 Å². The van der Waals surface area contributed by atoms with Gasteiger partial charge >= 0.3 is 0 Å². The normalized spacial score (nSPS) is 15.7. The Bertz CT molecular complexity index is 881. The molecular formula is C19H20N2O6. The standard InChI is InChI=1S/C19H20N2O6/c1-24-13-4-5-17-14(9-13)15(6-7-27-17)20-11-12-8-18(25-2)19(26-3)10-16(12)21(22)23/h4-5,8-11,15H,6-7H2,1-3H3. The Morgan fingerprint density at radius 2 is 1.89 bits per heavy atom. The van der Waals surface area contributed by atoms with Crippen LogP contribution in [0.2, 0.25) is 0 Å². The van der Waals surface area contributed by atoms with E-state index in [-0.39, 0.29) is 11.7 Å². The van der Waals surface area contributed by atoms with Gasteiger partial charge in [-0.1, -0.05) is 0 Å². The lowest BCUT2D eigenvalue weighted by Crippen LogP contribution is -2.13. The molecule has 1 atom stereocenters. The van der Waals surface area contributed by atoms with Gasteiger partial charge in [-0.3, -0.25) is 15.1 Å². The van der Waals surface area contributed by atoms with Crippen LogP contribution in [-0.4, -0.2) is 39.1 Å². The molecule has 8 heteroatoms. The first-order valence-electron chi connectivity index (χ1n) is 8.31. The van der Waals surface area contributed by atoms with Crippen LogP contribution < -0.4 is 18.9 Å². The minimum atomic E-state index is -0.468. The Kier molecular flexibility index (Phi) is 5.44. The predicted octanol–water partition coefficient (Wildman–Crippen LogP) is 3.56. The number of benzene rings is 2. The van der Waals surface area contributed by atoms with Gasteiger partial charge in [0.1, 0.15) is 11.5 Å². The van der Waals surface area contributed by atoms with E-state index in [1.165, 1.54) is 26.5 Å². The van der Waals surface area contributed by atoms with E-state index in [4.69, 9.17) is 18.9 Å². The summed E-state index contributed by atoms with van der Waals surface area (Å²) in [4.78, 5) is 15.5. The number of ether oxygens (including phenoxy) is 4. The van der Waals surface area contributed by atoms with E-state index in [1.54, 1.807) is 13.2 Å². The van der Waals surface area contributed by atoms with Crippen LogP contribution in [0.4, 0.5) is 5.69 Å². The molecule has 0 saturated carbocycles.